The molecule has 1 aliphatic rings. The fourth-order valence-corrected chi connectivity index (χ4v) is 3.99. The van der Waals surface area contributed by atoms with Crippen LogP contribution in [0.15, 0.2) is 17.1 Å². The van der Waals surface area contributed by atoms with Crippen molar-refractivity contribution in [2.45, 2.75) is 117 Å². The van der Waals surface area contributed by atoms with E-state index in [0.29, 0.717) is 10.5 Å². The van der Waals surface area contributed by atoms with Gasteiger partial charge in [0.25, 0.3) is 0 Å². The Bertz CT molecular complexity index is 392. The Labute approximate surface area is 163 Å². The van der Waals surface area contributed by atoms with E-state index >= 15 is 0 Å². The van der Waals surface area contributed by atoms with Gasteiger partial charge in [-0.15, -0.1) is 0 Å². The van der Waals surface area contributed by atoms with Gasteiger partial charge < -0.3 is 5.11 Å². The molecule has 3 atom stereocenters. The summed E-state index contributed by atoms with van der Waals surface area (Å²) in [4.78, 5) is 4.35. The number of aliphatic imine (C=N–C) groups is 1. The lowest BCUT2D eigenvalue weighted by molar-refractivity contribution is -0.892. The number of hydrogen-bond donors (Lipinski definition) is 1. The lowest BCUT2D eigenvalue weighted by atomic mass is 10.0. The summed E-state index contributed by atoms with van der Waals surface area (Å²) in [5.41, 5.74) is 0. The van der Waals surface area contributed by atoms with Crippen molar-refractivity contribution in [1.82, 2.24) is 0 Å². The van der Waals surface area contributed by atoms with E-state index in [0.717, 1.165) is 13.1 Å². The largest absolute Gasteiger partial charge is 0.345 e. The number of aliphatic hydroxyl groups excluding tert-OH is 1. The number of quaternary nitrogens is 1. The zero-order chi connectivity index (χ0) is 19.1. The van der Waals surface area contributed by atoms with Gasteiger partial charge in [-0.2, -0.15) is 0 Å². The van der Waals surface area contributed by atoms with E-state index in [1.54, 1.807) is 0 Å². The quantitative estimate of drug-likeness (QED) is 0.196. The molecule has 0 radical (unpaired) electrons. The third kappa shape index (κ3) is 8.81. The lowest BCUT2D eigenvalue weighted by Gasteiger charge is -2.37. The fraction of sp³-hybridized carbons (Fsp3) is 0.870. The molecule has 1 rings (SSSR count). The van der Waals surface area contributed by atoms with Crippen molar-refractivity contribution in [3.05, 3.63) is 12.2 Å². The predicted molar refractivity (Wildman–Crippen MR) is 114 cm³/mol. The lowest BCUT2D eigenvalue weighted by Crippen LogP contribution is -2.57. The Morgan fingerprint density at radius 2 is 1.46 bits per heavy atom. The van der Waals surface area contributed by atoms with Gasteiger partial charge in [-0.3, -0.25) is 0 Å². The van der Waals surface area contributed by atoms with Gasteiger partial charge in [0.1, 0.15) is 12.6 Å². The van der Waals surface area contributed by atoms with Crippen LogP contribution in [0.5, 0.6) is 0 Å². The molecule has 0 fully saturated rings. The molecule has 0 bridgehead atoms. The molecular formula is C23H45N2O+. The van der Waals surface area contributed by atoms with Crippen LogP contribution in [0.2, 0.25) is 0 Å². The first kappa shape index (κ1) is 23.4. The molecule has 0 spiro atoms. The zero-order valence-electron chi connectivity index (χ0n) is 17.8. The Morgan fingerprint density at radius 1 is 0.923 bits per heavy atom. The fourth-order valence-electron chi connectivity index (χ4n) is 3.99. The van der Waals surface area contributed by atoms with Crippen molar-refractivity contribution in [1.29, 1.82) is 0 Å². The highest BCUT2D eigenvalue weighted by Crippen LogP contribution is 2.20. The van der Waals surface area contributed by atoms with Crippen LogP contribution in [0.1, 0.15) is 104 Å². The van der Waals surface area contributed by atoms with Gasteiger partial charge in [-0.1, -0.05) is 83.6 Å². The number of hydrogen-bond acceptors (Lipinski definition) is 2. The molecule has 0 aromatic carbocycles. The molecule has 0 aliphatic carbocycles. The summed E-state index contributed by atoms with van der Waals surface area (Å²) in [5.74, 6) is 0. The summed E-state index contributed by atoms with van der Waals surface area (Å²) < 4.78 is 0.592. The molecule has 0 aromatic heterocycles. The van der Waals surface area contributed by atoms with Crippen LogP contribution in [0.3, 0.4) is 0 Å². The minimum atomic E-state index is -0.382. The van der Waals surface area contributed by atoms with Crippen LogP contribution in [0.25, 0.3) is 0 Å². The maximum Gasteiger partial charge on any atom is 0.193 e. The highest BCUT2D eigenvalue weighted by Gasteiger charge is 2.38. The normalized spacial score (nSPS) is 22.3. The maximum atomic E-state index is 10.1. The molecule has 0 saturated heterocycles. The van der Waals surface area contributed by atoms with Crippen molar-refractivity contribution >= 4 is 6.34 Å². The van der Waals surface area contributed by atoms with Crippen molar-refractivity contribution in [2.75, 3.05) is 13.1 Å². The summed E-state index contributed by atoms with van der Waals surface area (Å²) >= 11 is 0. The SMILES string of the molecule is CCCCCCCCCCCCCC/C=C/C(C)[N+]1(C(C)O)C=NCC1. The van der Waals surface area contributed by atoms with E-state index < -0.39 is 0 Å². The number of nitrogens with zero attached hydrogens (tertiary/aromatic N) is 2. The Morgan fingerprint density at radius 3 is 1.92 bits per heavy atom. The summed E-state index contributed by atoms with van der Waals surface area (Å²) in [6.45, 7) is 8.12. The van der Waals surface area contributed by atoms with E-state index in [1.807, 2.05) is 13.3 Å². The first-order chi connectivity index (χ1) is 12.6. The standard InChI is InChI=1S/C23H45N2O/c1-4-5-6-7-8-9-10-11-12-13-14-15-16-17-18-22(2)25(23(3)26)20-19-24-21-25/h17-18,21-23,26H,4-16,19-20H2,1-3H3/q+1/b18-17+. The first-order valence-electron chi connectivity index (χ1n) is 11.4. The first-order valence-corrected chi connectivity index (χ1v) is 11.4. The van der Waals surface area contributed by atoms with Gasteiger partial charge in [0.15, 0.2) is 12.6 Å². The average molecular weight is 366 g/mol. The molecule has 152 valence electrons. The van der Waals surface area contributed by atoms with Crippen LogP contribution in [-0.2, 0) is 0 Å². The molecule has 1 aliphatic heterocycles. The molecule has 26 heavy (non-hydrogen) atoms. The van der Waals surface area contributed by atoms with Crippen LogP contribution < -0.4 is 0 Å². The van der Waals surface area contributed by atoms with Gasteiger partial charge >= 0.3 is 0 Å². The smallest absolute Gasteiger partial charge is 0.193 e. The van der Waals surface area contributed by atoms with Crippen LogP contribution in [0.4, 0.5) is 0 Å². The van der Waals surface area contributed by atoms with Crippen LogP contribution >= 0.6 is 0 Å². The van der Waals surface area contributed by atoms with Crippen molar-refractivity contribution in [2.24, 2.45) is 4.99 Å². The molecule has 0 aromatic rings. The monoisotopic (exact) mass is 365 g/mol. The second kappa shape index (κ2) is 14.4. The van der Waals surface area contributed by atoms with E-state index in [-0.39, 0.29) is 6.23 Å². The minimum absolute atomic E-state index is 0.304. The molecule has 3 unspecified atom stereocenters. The predicted octanol–water partition coefficient (Wildman–Crippen LogP) is 6.22. The molecule has 3 nitrogen and oxygen atoms in total. The third-order valence-electron chi connectivity index (χ3n) is 6.01. The molecule has 3 heteroatoms. The van der Waals surface area contributed by atoms with Gasteiger partial charge in [0.05, 0.1) is 6.54 Å². The molecule has 0 saturated carbocycles. The number of allylic oxidation sites excluding steroid dienone is 1. The van der Waals surface area contributed by atoms with Crippen LogP contribution in [-0.4, -0.2) is 41.3 Å². The highest BCUT2D eigenvalue weighted by atomic mass is 16.3. The Balaban J connectivity index is 1.97. The summed E-state index contributed by atoms with van der Waals surface area (Å²) in [7, 11) is 0. The number of rotatable bonds is 16. The zero-order valence-corrected chi connectivity index (χ0v) is 17.8. The van der Waals surface area contributed by atoms with Crippen molar-refractivity contribution in [3.8, 4) is 0 Å². The topological polar surface area (TPSA) is 32.6 Å². The summed E-state index contributed by atoms with van der Waals surface area (Å²) in [5, 5.41) is 10.1. The number of aliphatic hydroxyl groups is 1. The number of unbranched alkanes of at least 4 members (excludes halogenated alkanes) is 12. The van der Waals surface area contributed by atoms with Crippen LogP contribution in [0, 0.1) is 0 Å². The summed E-state index contributed by atoms with van der Waals surface area (Å²) in [6, 6.07) is 0.304. The van der Waals surface area contributed by atoms with Gasteiger partial charge in [-0.05, 0) is 25.8 Å². The minimum Gasteiger partial charge on any atom is -0.345 e. The second-order valence-corrected chi connectivity index (χ2v) is 8.22. The van der Waals surface area contributed by atoms with E-state index in [9.17, 15) is 5.11 Å². The van der Waals surface area contributed by atoms with Crippen molar-refractivity contribution in [3.63, 3.8) is 0 Å². The highest BCUT2D eigenvalue weighted by molar-refractivity contribution is 5.49. The van der Waals surface area contributed by atoms with Gasteiger partial charge in [0, 0.05) is 6.92 Å². The molecule has 0 amide bonds. The van der Waals surface area contributed by atoms with Gasteiger partial charge in [0.2, 0.25) is 0 Å². The van der Waals surface area contributed by atoms with Crippen molar-refractivity contribution < 1.29 is 9.59 Å². The third-order valence-corrected chi connectivity index (χ3v) is 6.01. The molecule has 1 heterocycles. The average Bonchev–Trinajstić information content (AvgIpc) is 3.13. The molecular weight excluding hydrogens is 320 g/mol. The summed E-state index contributed by atoms with van der Waals surface area (Å²) in [6.07, 6.45) is 24.2. The Kier molecular flexibility index (Phi) is 12.9. The second-order valence-electron chi connectivity index (χ2n) is 8.22. The Hall–Kier alpha value is -0.670. The van der Waals surface area contributed by atoms with Gasteiger partial charge in [-0.25, -0.2) is 9.48 Å². The maximum absolute atomic E-state index is 10.1. The van der Waals surface area contributed by atoms with E-state index in [1.165, 1.54) is 83.5 Å². The van der Waals surface area contributed by atoms with E-state index in [2.05, 4.69) is 31.0 Å². The van der Waals surface area contributed by atoms with E-state index in [4.69, 9.17) is 0 Å². The molecule has 1 N–H and O–H groups in total.